The maximum Gasteiger partial charge on any atom is 0.417 e. The molecule has 0 aliphatic carbocycles. The number of hydrogen-bond acceptors (Lipinski definition) is 6. The number of rotatable bonds is 5. The number of aromatic nitrogens is 2. The van der Waals surface area contributed by atoms with Gasteiger partial charge in [-0.3, -0.25) is 14.2 Å². The number of ketones is 1. The van der Waals surface area contributed by atoms with Gasteiger partial charge in [-0.25, -0.2) is 18.0 Å². The summed E-state index contributed by atoms with van der Waals surface area (Å²) in [4.78, 5) is 44.5. The summed E-state index contributed by atoms with van der Waals surface area (Å²) in [6, 6.07) is 2.25. The van der Waals surface area contributed by atoms with Crippen molar-refractivity contribution in [2.24, 2.45) is 0 Å². The second-order valence-corrected chi connectivity index (χ2v) is 11.2. The molecule has 42 heavy (non-hydrogen) atoms. The summed E-state index contributed by atoms with van der Waals surface area (Å²) < 4.78 is 87.6. The second kappa shape index (κ2) is 11.1. The summed E-state index contributed by atoms with van der Waals surface area (Å²) in [6.45, 7) is 4.19. The van der Waals surface area contributed by atoms with Crippen LogP contribution in [0.25, 0.3) is 22.0 Å². The molecule has 0 saturated carbocycles. The quantitative estimate of drug-likeness (QED) is 0.287. The van der Waals surface area contributed by atoms with Crippen LogP contribution < -0.4 is 10.6 Å². The molecule has 5 rings (SSSR count). The first-order valence-corrected chi connectivity index (χ1v) is 13.9. The molecule has 2 aliphatic heterocycles. The highest BCUT2D eigenvalue weighted by Gasteiger charge is 2.39. The van der Waals surface area contributed by atoms with Crippen molar-refractivity contribution >= 4 is 40.2 Å². The summed E-state index contributed by atoms with van der Waals surface area (Å²) in [7, 11) is 0. The highest BCUT2D eigenvalue weighted by atomic mass is 32.2. The van der Waals surface area contributed by atoms with E-state index in [4.69, 9.17) is 0 Å². The molecule has 0 radical (unpaired) electrons. The Hall–Kier alpha value is -3.81. The lowest BCUT2D eigenvalue weighted by Gasteiger charge is -2.41. The van der Waals surface area contributed by atoms with Crippen molar-refractivity contribution in [1.29, 1.82) is 0 Å². The van der Waals surface area contributed by atoms with Gasteiger partial charge in [-0.15, -0.1) is 11.8 Å². The lowest BCUT2D eigenvalue weighted by atomic mass is 9.95. The minimum absolute atomic E-state index is 0.00594. The normalized spacial score (nSPS) is 17.4. The minimum atomic E-state index is -4.98. The molecular formula is C28H24F6N4O3S. The number of Topliss-reactive ketones (excluding diaryl/α,β-unsaturated/α-hetero) is 1. The van der Waals surface area contributed by atoms with Crippen LogP contribution in [0.1, 0.15) is 25.3 Å². The van der Waals surface area contributed by atoms with Gasteiger partial charge in [-0.05, 0) is 37.3 Å². The van der Waals surface area contributed by atoms with Crippen LogP contribution in [0.2, 0.25) is 0 Å². The first kappa shape index (κ1) is 29.7. The van der Waals surface area contributed by atoms with Crippen LogP contribution in [0.3, 0.4) is 0 Å². The number of carbonyl (C=O) groups is 2. The number of hydrogen-bond donors (Lipinski definition) is 0. The predicted molar refractivity (Wildman–Crippen MR) is 145 cm³/mol. The maximum atomic E-state index is 15.0. The molecule has 2 aliphatic rings. The van der Waals surface area contributed by atoms with E-state index in [9.17, 15) is 40.7 Å². The predicted octanol–water partition coefficient (Wildman–Crippen LogP) is 5.34. The van der Waals surface area contributed by atoms with Crippen molar-refractivity contribution in [1.82, 2.24) is 14.5 Å². The fraction of sp³-hybridized carbons (Fsp3) is 0.357. The summed E-state index contributed by atoms with van der Waals surface area (Å²) in [5.41, 5.74) is -2.78. The van der Waals surface area contributed by atoms with Crippen LogP contribution in [0.15, 0.2) is 46.4 Å². The van der Waals surface area contributed by atoms with E-state index in [1.165, 1.54) is 16.4 Å². The Balaban J connectivity index is 1.77. The summed E-state index contributed by atoms with van der Waals surface area (Å²) in [5.74, 6) is -4.48. The van der Waals surface area contributed by atoms with E-state index in [2.05, 4.69) is 11.6 Å². The third-order valence-corrected chi connectivity index (χ3v) is 8.45. The average molecular weight is 611 g/mol. The largest absolute Gasteiger partial charge is 0.417 e. The van der Waals surface area contributed by atoms with Crippen molar-refractivity contribution in [2.75, 3.05) is 30.3 Å². The standard InChI is InChI=1S/C28H24F6N4O3S/c1-14(39)10-17-13-36(7-8-37(17)26(40)15(2)29)25-19-12-20(28(32,33)34)22(18-5-4-16(30)11-21(18)31)24-23(19)38(27(41)35-25)6-3-9-42-24/h4-5,11-12,17H,2-3,6-10,13H2,1H3. The molecule has 1 amide bonds. The molecule has 14 heteroatoms. The van der Waals surface area contributed by atoms with Gasteiger partial charge >= 0.3 is 11.9 Å². The topological polar surface area (TPSA) is 75.5 Å². The molecule has 1 fully saturated rings. The van der Waals surface area contributed by atoms with Gasteiger partial charge in [0.1, 0.15) is 23.2 Å². The van der Waals surface area contributed by atoms with E-state index >= 15 is 0 Å². The third kappa shape index (κ3) is 5.39. The SMILES string of the molecule is C=C(F)C(=O)N1CCN(c2nc(=O)n3c4c(c(-c5ccc(F)cc5F)c(C(F)(F)F)cc24)SCCC3)CC1CC(C)=O. The van der Waals surface area contributed by atoms with Gasteiger partial charge in [-0.1, -0.05) is 6.58 Å². The van der Waals surface area contributed by atoms with Crippen LogP contribution in [-0.4, -0.2) is 57.6 Å². The Morgan fingerprint density at radius 2 is 1.88 bits per heavy atom. The zero-order valence-corrected chi connectivity index (χ0v) is 23.0. The van der Waals surface area contributed by atoms with Crippen molar-refractivity contribution < 1.29 is 35.9 Å². The molecule has 0 bridgehead atoms. The Morgan fingerprint density at radius 1 is 1.14 bits per heavy atom. The van der Waals surface area contributed by atoms with Crippen molar-refractivity contribution in [3.8, 4) is 11.1 Å². The number of anilines is 1. The molecule has 2 aromatic carbocycles. The highest BCUT2D eigenvalue weighted by molar-refractivity contribution is 7.99. The number of piperazine rings is 1. The van der Waals surface area contributed by atoms with E-state index in [-0.39, 0.29) is 60.0 Å². The molecule has 3 heterocycles. The molecule has 1 atom stereocenters. The fourth-order valence-corrected chi connectivity index (χ4v) is 6.74. The summed E-state index contributed by atoms with van der Waals surface area (Å²) in [5, 5.41) is -0.0335. The zero-order chi connectivity index (χ0) is 30.5. The van der Waals surface area contributed by atoms with Gasteiger partial charge < -0.3 is 9.80 Å². The number of thioether (sulfide) groups is 1. The maximum absolute atomic E-state index is 15.0. The molecule has 1 unspecified atom stereocenters. The Kier molecular flexibility index (Phi) is 7.86. The molecule has 3 aromatic rings. The molecule has 1 saturated heterocycles. The smallest absolute Gasteiger partial charge is 0.352 e. The van der Waals surface area contributed by atoms with Crippen LogP contribution in [-0.2, 0) is 22.3 Å². The fourth-order valence-electron chi connectivity index (χ4n) is 5.54. The molecular weight excluding hydrogens is 586 g/mol. The molecule has 0 spiro atoms. The number of carbonyl (C=O) groups excluding carboxylic acids is 2. The van der Waals surface area contributed by atoms with Crippen molar-refractivity contribution in [3.63, 3.8) is 0 Å². The number of halogens is 6. The Bertz CT molecular complexity index is 1690. The van der Waals surface area contributed by atoms with Crippen molar-refractivity contribution in [3.05, 3.63) is 64.4 Å². The van der Waals surface area contributed by atoms with E-state index in [0.717, 1.165) is 34.9 Å². The molecule has 0 N–H and O–H groups in total. The number of aryl methyl sites for hydroxylation is 1. The average Bonchev–Trinajstić information content (AvgIpc) is 3.13. The van der Waals surface area contributed by atoms with Gasteiger partial charge in [-0.2, -0.15) is 18.2 Å². The van der Waals surface area contributed by atoms with E-state index in [0.29, 0.717) is 18.2 Å². The summed E-state index contributed by atoms with van der Waals surface area (Å²) >= 11 is 1.03. The first-order valence-electron chi connectivity index (χ1n) is 12.9. The van der Waals surface area contributed by atoms with E-state index in [1.54, 1.807) is 0 Å². The van der Waals surface area contributed by atoms with Gasteiger partial charge in [0.05, 0.1) is 17.1 Å². The molecule has 1 aromatic heterocycles. The number of amides is 1. The van der Waals surface area contributed by atoms with E-state index < -0.39 is 58.0 Å². The number of benzene rings is 2. The van der Waals surface area contributed by atoms with Crippen LogP contribution in [0, 0.1) is 11.6 Å². The van der Waals surface area contributed by atoms with Gasteiger partial charge in [0.2, 0.25) is 0 Å². The van der Waals surface area contributed by atoms with Crippen LogP contribution >= 0.6 is 11.8 Å². The van der Waals surface area contributed by atoms with Gasteiger partial charge in [0.15, 0.2) is 5.83 Å². The first-order chi connectivity index (χ1) is 19.8. The monoisotopic (exact) mass is 610 g/mol. The second-order valence-electron chi connectivity index (χ2n) is 10.1. The minimum Gasteiger partial charge on any atom is -0.352 e. The molecule has 222 valence electrons. The lowest BCUT2D eigenvalue weighted by molar-refractivity contribution is -0.137. The number of alkyl halides is 3. The van der Waals surface area contributed by atoms with Crippen molar-refractivity contribution in [2.45, 2.75) is 43.4 Å². The highest BCUT2D eigenvalue weighted by Crippen LogP contribution is 2.48. The van der Waals surface area contributed by atoms with Gasteiger partial charge in [0, 0.05) is 60.1 Å². The third-order valence-electron chi connectivity index (χ3n) is 7.28. The summed E-state index contributed by atoms with van der Waals surface area (Å²) in [6.07, 6.45) is -4.74. The van der Waals surface area contributed by atoms with E-state index in [1.807, 2.05) is 0 Å². The van der Waals surface area contributed by atoms with Crippen LogP contribution in [0.5, 0.6) is 0 Å². The molecule has 7 nitrogen and oxygen atoms in total. The van der Waals surface area contributed by atoms with Crippen LogP contribution in [0.4, 0.5) is 32.2 Å². The Labute approximate surface area is 239 Å². The lowest BCUT2D eigenvalue weighted by Crippen LogP contribution is -2.56. The number of nitrogens with zero attached hydrogens (tertiary/aromatic N) is 4. The zero-order valence-electron chi connectivity index (χ0n) is 22.2. The Morgan fingerprint density at radius 3 is 2.52 bits per heavy atom. The van der Waals surface area contributed by atoms with Gasteiger partial charge in [0.25, 0.3) is 5.91 Å².